The third-order valence-electron chi connectivity index (χ3n) is 4.52. The van der Waals surface area contributed by atoms with Crippen LogP contribution in [0.2, 0.25) is 0 Å². The standard InChI is InChI=1S/C24H28N2O4/c1-24(2,3)25-15-18(30-23(28)13-12-17-8-5-4-6-9-17)16-29-21-11-7-10-20-19(21)14-22(27)26-20/h4-13,18,25H,14-16H2,1-3H3,(H,26,27)/b13-12+. The number of rotatable bonds is 8. The van der Waals surface area contributed by atoms with E-state index in [1.807, 2.05) is 69.3 Å². The Kier molecular flexibility index (Phi) is 6.90. The van der Waals surface area contributed by atoms with Gasteiger partial charge in [0.05, 0.1) is 6.42 Å². The second kappa shape index (κ2) is 9.59. The van der Waals surface area contributed by atoms with Crippen molar-refractivity contribution < 1.29 is 19.1 Å². The summed E-state index contributed by atoms with van der Waals surface area (Å²) >= 11 is 0. The van der Waals surface area contributed by atoms with Crippen LogP contribution in [0.1, 0.15) is 31.9 Å². The molecule has 1 unspecified atom stereocenters. The van der Waals surface area contributed by atoms with Gasteiger partial charge >= 0.3 is 5.97 Å². The lowest BCUT2D eigenvalue weighted by molar-refractivity contribution is -0.144. The highest BCUT2D eigenvalue weighted by molar-refractivity contribution is 6.00. The van der Waals surface area contributed by atoms with Gasteiger partial charge in [0, 0.05) is 29.4 Å². The minimum Gasteiger partial charge on any atom is -0.489 e. The molecule has 0 spiro atoms. The molecule has 1 aliphatic rings. The lowest BCUT2D eigenvalue weighted by Crippen LogP contribution is -2.44. The molecule has 158 valence electrons. The van der Waals surface area contributed by atoms with Crippen molar-refractivity contribution >= 4 is 23.6 Å². The van der Waals surface area contributed by atoms with Crippen molar-refractivity contribution in [1.82, 2.24) is 5.32 Å². The predicted molar refractivity (Wildman–Crippen MR) is 117 cm³/mol. The maximum absolute atomic E-state index is 12.3. The van der Waals surface area contributed by atoms with Crippen LogP contribution in [-0.4, -0.2) is 36.7 Å². The first-order valence-electron chi connectivity index (χ1n) is 10.0. The van der Waals surface area contributed by atoms with E-state index in [4.69, 9.17) is 9.47 Å². The summed E-state index contributed by atoms with van der Waals surface area (Å²) in [6.45, 7) is 6.76. The molecule has 1 amide bonds. The van der Waals surface area contributed by atoms with E-state index in [-0.39, 0.29) is 24.5 Å². The van der Waals surface area contributed by atoms with Crippen LogP contribution in [0.4, 0.5) is 5.69 Å². The molecule has 2 aromatic carbocycles. The van der Waals surface area contributed by atoms with Gasteiger partial charge in [-0.15, -0.1) is 0 Å². The van der Waals surface area contributed by atoms with Gasteiger partial charge in [0.25, 0.3) is 0 Å². The van der Waals surface area contributed by atoms with E-state index in [1.54, 1.807) is 6.08 Å². The Labute approximate surface area is 177 Å². The summed E-state index contributed by atoms with van der Waals surface area (Å²) in [5.41, 5.74) is 2.39. The molecule has 6 heteroatoms. The van der Waals surface area contributed by atoms with Crippen LogP contribution in [0, 0.1) is 0 Å². The highest BCUT2D eigenvalue weighted by atomic mass is 16.6. The molecule has 2 aromatic rings. The second-order valence-corrected chi connectivity index (χ2v) is 8.25. The molecule has 0 saturated carbocycles. The molecule has 1 atom stereocenters. The van der Waals surface area contributed by atoms with Gasteiger partial charge in [-0.3, -0.25) is 4.79 Å². The molecule has 1 heterocycles. The highest BCUT2D eigenvalue weighted by Crippen LogP contribution is 2.31. The molecule has 2 N–H and O–H groups in total. The highest BCUT2D eigenvalue weighted by Gasteiger charge is 2.23. The minimum atomic E-state index is -0.488. The molecule has 30 heavy (non-hydrogen) atoms. The van der Waals surface area contributed by atoms with Gasteiger partial charge in [0.2, 0.25) is 5.91 Å². The number of fused-ring (bicyclic) bond motifs is 1. The molecule has 3 rings (SSSR count). The van der Waals surface area contributed by atoms with Crippen molar-refractivity contribution in [2.24, 2.45) is 0 Å². The Morgan fingerprint density at radius 3 is 2.67 bits per heavy atom. The van der Waals surface area contributed by atoms with E-state index >= 15 is 0 Å². The molecule has 0 aromatic heterocycles. The zero-order chi connectivity index (χ0) is 21.6. The van der Waals surface area contributed by atoms with Gasteiger partial charge in [0.15, 0.2) is 0 Å². The Hall–Kier alpha value is -3.12. The van der Waals surface area contributed by atoms with Crippen LogP contribution in [0.25, 0.3) is 6.08 Å². The second-order valence-electron chi connectivity index (χ2n) is 8.25. The van der Waals surface area contributed by atoms with E-state index in [0.717, 1.165) is 16.8 Å². The van der Waals surface area contributed by atoms with E-state index in [9.17, 15) is 9.59 Å². The average molecular weight is 408 g/mol. The van der Waals surface area contributed by atoms with E-state index in [2.05, 4.69) is 10.6 Å². The summed E-state index contributed by atoms with van der Waals surface area (Å²) in [6, 6.07) is 15.1. The van der Waals surface area contributed by atoms with Crippen LogP contribution >= 0.6 is 0 Å². The molecule has 0 aliphatic carbocycles. The molecule has 6 nitrogen and oxygen atoms in total. The molecule has 0 saturated heterocycles. The SMILES string of the molecule is CC(C)(C)NCC(COc1cccc2c1CC(=O)N2)OC(=O)/C=C/c1ccccc1. The number of ether oxygens (including phenoxy) is 2. The third-order valence-corrected chi connectivity index (χ3v) is 4.52. The van der Waals surface area contributed by atoms with Gasteiger partial charge in [-0.1, -0.05) is 36.4 Å². The molecule has 0 radical (unpaired) electrons. The van der Waals surface area contributed by atoms with Crippen molar-refractivity contribution in [3.8, 4) is 5.75 Å². The summed E-state index contributed by atoms with van der Waals surface area (Å²) in [5.74, 6) is 0.144. The molecule has 0 fully saturated rings. The van der Waals surface area contributed by atoms with Crippen LogP contribution in [0.5, 0.6) is 5.75 Å². The van der Waals surface area contributed by atoms with E-state index < -0.39 is 12.1 Å². The molecular weight excluding hydrogens is 380 g/mol. The summed E-state index contributed by atoms with van der Waals surface area (Å²) in [6.07, 6.45) is 2.94. The van der Waals surface area contributed by atoms with Crippen molar-refractivity contribution in [3.63, 3.8) is 0 Å². The number of hydrogen-bond acceptors (Lipinski definition) is 5. The van der Waals surface area contributed by atoms with Crippen molar-refractivity contribution in [3.05, 3.63) is 65.7 Å². The van der Waals surface area contributed by atoms with Gasteiger partial charge < -0.3 is 20.1 Å². The number of benzene rings is 2. The Morgan fingerprint density at radius 1 is 1.17 bits per heavy atom. The monoisotopic (exact) mass is 408 g/mol. The lowest BCUT2D eigenvalue weighted by Gasteiger charge is -2.25. The van der Waals surface area contributed by atoms with Crippen molar-refractivity contribution in [2.45, 2.75) is 38.8 Å². The maximum atomic E-state index is 12.3. The topological polar surface area (TPSA) is 76.7 Å². The average Bonchev–Trinajstić information content (AvgIpc) is 3.09. The zero-order valence-corrected chi connectivity index (χ0v) is 17.6. The number of carbonyl (C=O) groups excluding carboxylic acids is 2. The van der Waals surface area contributed by atoms with Crippen molar-refractivity contribution in [1.29, 1.82) is 0 Å². The zero-order valence-electron chi connectivity index (χ0n) is 17.6. The summed E-state index contributed by atoms with van der Waals surface area (Å²) in [4.78, 5) is 24.0. The largest absolute Gasteiger partial charge is 0.489 e. The number of anilines is 1. The molecule has 0 bridgehead atoms. The minimum absolute atomic E-state index is 0.0514. The molecule has 1 aliphatic heterocycles. The fourth-order valence-electron chi connectivity index (χ4n) is 3.02. The third kappa shape index (κ3) is 6.46. The Morgan fingerprint density at radius 2 is 1.93 bits per heavy atom. The van der Waals surface area contributed by atoms with Gasteiger partial charge in [0.1, 0.15) is 18.5 Å². The van der Waals surface area contributed by atoms with Gasteiger partial charge in [-0.2, -0.15) is 0 Å². The van der Waals surface area contributed by atoms with Gasteiger partial charge in [-0.25, -0.2) is 4.79 Å². The van der Waals surface area contributed by atoms with E-state index in [0.29, 0.717) is 12.3 Å². The van der Waals surface area contributed by atoms with Gasteiger partial charge in [-0.05, 0) is 44.5 Å². The number of nitrogens with one attached hydrogen (secondary N) is 2. The van der Waals surface area contributed by atoms with Crippen molar-refractivity contribution in [2.75, 3.05) is 18.5 Å². The fraction of sp³-hybridized carbons (Fsp3) is 0.333. The number of amides is 1. The summed E-state index contributed by atoms with van der Waals surface area (Å²) < 4.78 is 11.6. The Bertz CT molecular complexity index is 917. The summed E-state index contributed by atoms with van der Waals surface area (Å²) in [5, 5.41) is 6.16. The van der Waals surface area contributed by atoms with Crippen LogP contribution in [-0.2, 0) is 20.7 Å². The van der Waals surface area contributed by atoms with Crippen LogP contribution < -0.4 is 15.4 Å². The van der Waals surface area contributed by atoms with Crippen LogP contribution in [0.15, 0.2) is 54.6 Å². The number of esters is 1. The Balaban J connectivity index is 1.64. The predicted octanol–water partition coefficient (Wildman–Crippen LogP) is 3.57. The smallest absolute Gasteiger partial charge is 0.331 e. The fourth-order valence-corrected chi connectivity index (χ4v) is 3.02. The molecular formula is C24H28N2O4. The first-order valence-corrected chi connectivity index (χ1v) is 10.0. The summed E-state index contributed by atoms with van der Waals surface area (Å²) in [7, 11) is 0. The number of carbonyl (C=O) groups is 2. The number of hydrogen-bond donors (Lipinski definition) is 2. The van der Waals surface area contributed by atoms with Crippen LogP contribution in [0.3, 0.4) is 0 Å². The van der Waals surface area contributed by atoms with E-state index in [1.165, 1.54) is 6.08 Å². The first kappa shape index (κ1) is 21.6. The first-order chi connectivity index (χ1) is 14.3. The normalized spacial score (nSPS) is 14.3. The lowest BCUT2D eigenvalue weighted by atomic mass is 10.1. The quantitative estimate of drug-likeness (QED) is 0.516. The maximum Gasteiger partial charge on any atom is 0.331 e.